The molecule has 0 saturated heterocycles. The van der Waals surface area contributed by atoms with E-state index in [2.05, 4.69) is 20.3 Å². The molecule has 0 bridgehead atoms. The van der Waals surface area contributed by atoms with E-state index >= 15 is 0 Å². The predicted octanol–water partition coefficient (Wildman–Crippen LogP) is 5.17. The van der Waals surface area contributed by atoms with E-state index in [0.717, 1.165) is 22.2 Å². The van der Waals surface area contributed by atoms with Gasteiger partial charge in [-0.25, -0.2) is 4.68 Å². The highest BCUT2D eigenvalue weighted by molar-refractivity contribution is 6.05. The third-order valence-electron chi connectivity index (χ3n) is 5.69. The summed E-state index contributed by atoms with van der Waals surface area (Å²) >= 11 is 0. The lowest BCUT2D eigenvalue weighted by Gasteiger charge is -2.09. The van der Waals surface area contributed by atoms with Crippen LogP contribution < -0.4 is 5.56 Å². The molecule has 168 valence electrons. The maximum absolute atomic E-state index is 13.1. The second kappa shape index (κ2) is 8.40. The first-order chi connectivity index (χ1) is 16.4. The number of nitrogens with one attached hydrogen (secondary N) is 1. The summed E-state index contributed by atoms with van der Waals surface area (Å²) in [4.78, 5) is 29.0. The predicted molar refractivity (Wildman–Crippen MR) is 130 cm³/mol. The molecule has 0 fully saturated rings. The van der Waals surface area contributed by atoms with Gasteiger partial charge in [0.25, 0.3) is 5.56 Å². The fraction of sp³-hybridized carbons (Fsp3) is 0.115. The lowest BCUT2D eigenvalue weighted by Crippen LogP contribution is -2.26. The van der Waals surface area contributed by atoms with Gasteiger partial charge in [0.1, 0.15) is 0 Å². The molecule has 0 atom stereocenters. The number of H-pyrrole nitrogens is 1. The summed E-state index contributed by atoms with van der Waals surface area (Å²) < 4.78 is 1.26. The normalized spacial score (nSPS) is 11.6. The smallest absolute Gasteiger partial charge is 0.316 e. The summed E-state index contributed by atoms with van der Waals surface area (Å²) in [6, 6.07) is 20.0. The molecule has 8 nitrogen and oxygen atoms in total. The molecule has 0 unspecified atom stereocenters. The van der Waals surface area contributed by atoms with Crippen LogP contribution in [0.3, 0.4) is 0 Å². The molecular weight excluding hydrogens is 430 g/mol. The number of benzene rings is 3. The van der Waals surface area contributed by atoms with Crippen molar-refractivity contribution in [3.63, 3.8) is 0 Å². The minimum absolute atomic E-state index is 0.0153. The van der Waals surface area contributed by atoms with Crippen LogP contribution in [-0.4, -0.2) is 25.8 Å². The topological polar surface area (TPSA) is 113 Å². The minimum Gasteiger partial charge on any atom is -0.493 e. The molecule has 0 saturated carbocycles. The van der Waals surface area contributed by atoms with Gasteiger partial charge in [0.2, 0.25) is 5.88 Å². The summed E-state index contributed by atoms with van der Waals surface area (Å²) in [7, 11) is 0. The summed E-state index contributed by atoms with van der Waals surface area (Å²) in [6.45, 7) is 4.07. The Morgan fingerprint density at radius 2 is 1.71 bits per heavy atom. The van der Waals surface area contributed by atoms with E-state index in [-0.39, 0.29) is 29.4 Å². The Kier molecular flexibility index (Phi) is 5.25. The highest BCUT2D eigenvalue weighted by Gasteiger charge is 2.18. The van der Waals surface area contributed by atoms with Crippen molar-refractivity contribution >= 4 is 33.3 Å². The highest BCUT2D eigenvalue weighted by Crippen LogP contribution is 2.37. The Hall–Kier alpha value is -4.59. The van der Waals surface area contributed by atoms with Gasteiger partial charge in [-0.1, -0.05) is 60.2 Å². The average molecular weight is 451 g/mol. The molecule has 5 rings (SSSR count). The molecule has 2 heterocycles. The van der Waals surface area contributed by atoms with E-state index < -0.39 is 5.91 Å². The number of nitrogens with zero attached hydrogens (tertiary/aromatic N) is 4. The summed E-state index contributed by atoms with van der Waals surface area (Å²) in [5, 5.41) is 24.1. The molecule has 8 heteroatoms. The number of aryl methyl sites for hydroxylation is 2. The van der Waals surface area contributed by atoms with Gasteiger partial charge in [-0.05, 0) is 37.1 Å². The maximum Gasteiger partial charge on any atom is 0.316 e. The van der Waals surface area contributed by atoms with Gasteiger partial charge < -0.3 is 10.1 Å². The minimum atomic E-state index is -0.712. The molecule has 0 aliphatic rings. The van der Waals surface area contributed by atoms with E-state index in [1.807, 2.05) is 56.3 Å². The average Bonchev–Trinajstić information content (AvgIpc) is 3.15. The molecule has 3 aromatic carbocycles. The Morgan fingerprint density at radius 1 is 1.00 bits per heavy atom. The second-order valence-corrected chi connectivity index (χ2v) is 8.17. The monoisotopic (exact) mass is 451 g/mol. The molecule has 0 spiro atoms. The van der Waals surface area contributed by atoms with E-state index in [4.69, 9.17) is 0 Å². The van der Waals surface area contributed by atoms with Crippen LogP contribution in [0.4, 0.5) is 5.69 Å². The number of hydrogen-bond donors (Lipinski definition) is 2. The van der Waals surface area contributed by atoms with Gasteiger partial charge in [0, 0.05) is 10.8 Å². The number of azo groups is 1. The zero-order valence-corrected chi connectivity index (χ0v) is 18.6. The van der Waals surface area contributed by atoms with Gasteiger partial charge in [0.05, 0.1) is 17.4 Å². The van der Waals surface area contributed by atoms with Crippen LogP contribution in [-0.2, 0) is 6.54 Å². The zero-order chi connectivity index (χ0) is 23.8. The molecule has 0 aliphatic carbocycles. The highest BCUT2D eigenvalue weighted by atomic mass is 16.3. The lowest BCUT2D eigenvalue weighted by atomic mass is 10.1. The summed E-state index contributed by atoms with van der Waals surface area (Å²) in [6.07, 6.45) is 0. The van der Waals surface area contributed by atoms with Crippen molar-refractivity contribution in [2.24, 2.45) is 10.2 Å². The summed E-state index contributed by atoms with van der Waals surface area (Å²) in [5.41, 5.74) is 3.43. The molecule has 0 radical (unpaired) electrons. The van der Waals surface area contributed by atoms with Crippen LogP contribution in [0.1, 0.15) is 27.2 Å². The molecule has 1 amide bonds. The SMILES string of the molecule is Cc1cc(C)c2[nH]c(O)c(N=NC(=O)c3nn(Cc4ccccc4)c(=O)c4ccccc34)c2c1. The van der Waals surface area contributed by atoms with Crippen molar-refractivity contribution in [3.8, 4) is 5.88 Å². The number of fused-ring (bicyclic) bond motifs is 2. The molecule has 2 aromatic heterocycles. The van der Waals surface area contributed by atoms with Crippen molar-refractivity contribution in [2.75, 3.05) is 0 Å². The Morgan fingerprint density at radius 3 is 2.47 bits per heavy atom. The maximum atomic E-state index is 13.1. The Bertz CT molecular complexity index is 1650. The van der Waals surface area contributed by atoms with Crippen LogP contribution in [0.2, 0.25) is 0 Å². The number of aromatic hydroxyl groups is 1. The number of aromatic amines is 1. The van der Waals surface area contributed by atoms with E-state index in [9.17, 15) is 14.7 Å². The van der Waals surface area contributed by atoms with Crippen molar-refractivity contribution in [2.45, 2.75) is 20.4 Å². The number of carbonyl (C=O) groups excluding carboxylic acids is 1. The van der Waals surface area contributed by atoms with Gasteiger partial charge in [-0.15, -0.1) is 10.2 Å². The zero-order valence-electron chi connectivity index (χ0n) is 18.6. The first-order valence-electron chi connectivity index (χ1n) is 10.7. The number of rotatable bonds is 4. The number of amides is 1. The molecule has 5 aromatic rings. The van der Waals surface area contributed by atoms with Gasteiger partial charge in [0.15, 0.2) is 11.4 Å². The van der Waals surface area contributed by atoms with Crippen LogP contribution in [0.15, 0.2) is 81.8 Å². The molecule has 0 aliphatic heterocycles. The fourth-order valence-corrected chi connectivity index (χ4v) is 4.13. The quantitative estimate of drug-likeness (QED) is 0.367. The van der Waals surface area contributed by atoms with Crippen molar-refractivity contribution < 1.29 is 9.90 Å². The van der Waals surface area contributed by atoms with Crippen molar-refractivity contribution in [1.29, 1.82) is 0 Å². The number of hydrogen-bond acceptors (Lipinski definition) is 5. The first kappa shape index (κ1) is 21.3. The molecule has 2 N–H and O–H groups in total. The molecule has 34 heavy (non-hydrogen) atoms. The van der Waals surface area contributed by atoms with E-state index in [1.165, 1.54) is 4.68 Å². The fourth-order valence-electron chi connectivity index (χ4n) is 4.13. The van der Waals surface area contributed by atoms with Crippen molar-refractivity contribution in [3.05, 3.63) is 99.5 Å². The van der Waals surface area contributed by atoms with Crippen LogP contribution in [0.25, 0.3) is 21.7 Å². The van der Waals surface area contributed by atoms with Gasteiger partial charge in [-0.3, -0.25) is 9.59 Å². The van der Waals surface area contributed by atoms with Gasteiger partial charge in [-0.2, -0.15) is 5.10 Å². The van der Waals surface area contributed by atoms with Gasteiger partial charge >= 0.3 is 5.91 Å². The van der Waals surface area contributed by atoms with Crippen LogP contribution in [0.5, 0.6) is 5.88 Å². The summed E-state index contributed by atoms with van der Waals surface area (Å²) in [5.74, 6) is -0.886. The standard InChI is InChI=1S/C26H21N5O3/c1-15-12-16(2)21-20(13-15)22(24(32)27-21)28-29-25(33)23-18-10-6-7-11-19(18)26(34)31(30-23)14-17-8-4-3-5-9-17/h3-13,27,32H,14H2,1-2H3. The van der Waals surface area contributed by atoms with E-state index in [0.29, 0.717) is 16.2 Å². The Balaban J connectivity index is 1.59. The molecular formula is C26H21N5O3. The largest absolute Gasteiger partial charge is 0.493 e. The third-order valence-corrected chi connectivity index (χ3v) is 5.69. The van der Waals surface area contributed by atoms with Crippen molar-refractivity contribution in [1.82, 2.24) is 14.8 Å². The number of aromatic nitrogens is 3. The third kappa shape index (κ3) is 3.75. The second-order valence-electron chi connectivity index (χ2n) is 8.17. The van der Waals surface area contributed by atoms with Crippen LogP contribution >= 0.6 is 0 Å². The first-order valence-corrected chi connectivity index (χ1v) is 10.7. The number of carbonyl (C=O) groups is 1. The Labute approximate surface area is 194 Å². The lowest BCUT2D eigenvalue weighted by molar-refractivity contribution is 0.0990. The van der Waals surface area contributed by atoms with E-state index in [1.54, 1.807) is 24.3 Å². The van der Waals surface area contributed by atoms with Crippen LogP contribution in [0, 0.1) is 13.8 Å².